The molecule has 1 aromatic heterocycles. The molecule has 2 aromatic rings. The number of carbonyl (C=O) groups is 1. The van der Waals surface area contributed by atoms with Gasteiger partial charge in [0, 0.05) is 12.6 Å². The lowest BCUT2D eigenvalue weighted by Crippen LogP contribution is -2.33. The largest absolute Gasteiger partial charge is 0.508 e. The van der Waals surface area contributed by atoms with E-state index in [1.165, 1.54) is 0 Å². The summed E-state index contributed by atoms with van der Waals surface area (Å²) in [7, 11) is 0. The predicted molar refractivity (Wildman–Crippen MR) is 69.7 cm³/mol. The van der Waals surface area contributed by atoms with Gasteiger partial charge in [0.15, 0.2) is 0 Å². The monoisotopic (exact) mass is 274 g/mol. The van der Waals surface area contributed by atoms with Gasteiger partial charge in [0.1, 0.15) is 5.75 Å². The number of anilines is 1. The highest BCUT2D eigenvalue weighted by molar-refractivity contribution is 5.96. The van der Waals surface area contributed by atoms with E-state index in [9.17, 15) is 9.90 Å². The lowest BCUT2D eigenvalue weighted by atomic mass is 10.2. The second-order valence-electron chi connectivity index (χ2n) is 4.83. The Morgan fingerprint density at radius 2 is 2.25 bits per heavy atom. The summed E-state index contributed by atoms with van der Waals surface area (Å²) in [5, 5.41) is 16.5. The SMILES string of the molecule is Nc1nonc1C(=O)N(Cc1cccc(O)c1)C1CC1. The molecule has 1 aromatic carbocycles. The Kier molecular flexibility index (Phi) is 3.02. The standard InChI is InChI=1S/C13H14N4O3/c14-12-11(15-20-16-12)13(19)17(9-4-5-9)7-8-2-1-3-10(18)6-8/h1-3,6,9,18H,4-5,7H2,(H2,14,16). The molecule has 7 nitrogen and oxygen atoms in total. The number of rotatable bonds is 4. The van der Waals surface area contributed by atoms with Crippen molar-refractivity contribution in [2.75, 3.05) is 5.73 Å². The third-order valence-electron chi connectivity index (χ3n) is 3.23. The van der Waals surface area contributed by atoms with E-state index in [2.05, 4.69) is 14.9 Å². The van der Waals surface area contributed by atoms with Crippen molar-refractivity contribution in [1.29, 1.82) is 0 Å². The van der Waals surface area contributed by atoms with Gasteiger partial charge in [-0.05, 0) is 40.9 Å². The summed E-state index contributed by atoms with van der Waals surface area (Å²) in [5.74, 6) is -0.125. The fraction of sp³-hybridized carbons (Fsp3) is 0.308. The van der Waals surface area contributed by atoms with Crippen molar-refractivity contribution in [2.45, 2.75) is 25.4 Å². The van der Waals surface area contributed by atoms with Crippen LogP contribution in [-0.2, 0) is 6.54 Å². The van der Waals surface area contributed by atoms with Gasteiger partial charge >= 0.3 is 0 Å². The molecule has 0 saturated heterocycles. The molecule has 1 aliphatic rings. The third kappa shape index (κ3) is 2.42. The van der Waals surface area contributed by atoms with E-state index in [0.29, 0.717) is 6.54 Å². The van der Waals surface area contributed by atoms with E-state index < -0.39 is 0 Å². The van der Waals surface area contributed by atoms with Gasteiger partial charge in [-0.2, -0.15) is 0 Å². The van der Waals surface area contributed by atoms with Crippen molar-refractivity contribution < 1.29 is 14.5 Å². The summed E-state index contributed by atoms with van der Waals surface area (Å²) in [4.78, 5) is 14.1. The van der Waals surface area contributed by atoms with Gasteiger partial charge in [0.25, 0.3) is 5.91 Å². The van der Waals surface area contributed by atoms with Crippen molar-refractivity contribution in [3.63, 3.8) is 0 Å². The highest BCUT2D eigenvalue weighted by atomic mass is 16.6. The molecule has 0 unspecified atom stereocenters. The average molecular weight is 274 g/mol. The van der Waals surface area contributed by atoms with E-state index in [1.807, 2.05) is 6.07 Å². The topological polar surface area (TPSA) is 105 Å². The van der Waals surface area contributed by atoms with Crippen molar-refractivity contribution in [2.24, 2.45) is 0 Å². The number of nitrogen functional groups attached to an aromatic ring is 1. The third-order valence-corrected chi connectivity index (χ3v) is 3.23. The van der Waals surface area contributed by atoms with Crippen LogP contribution in [0.3, 0.4) is 0 Å². The van der Waals surface area contributed by atoms with Crippen molar-refractivity contribution in [1.82, 2.24) is 15.2 Å². The molecule has 0 atom stereocenters. The van der Waals surface area contributed by atoms with Gasteiger partial charge in [-0.25, -0.2) is 4.63 Å². The lowest BCUT2D eigenvalue weighted by molar-refractivity contribution is 0.0719. The molecule has 0 aliphatic heterocycles. The van der Waals surface area contributed by atoms with Crippen LogP contribution in [0, 0.1) is 0 Å². The number of hydrogen-bond acceptors (Lipinski definition) is 6. The van der Waals surface area contributed by atoms with Crippen LogP contribution < -0.4 is 5.73 Å². The predicted octanol–water partition coefficient (Wildman–Crippen LogP) is 1.16. The Labute approximate surface area is 114 Å². The minimum atomic E-state index is -0.297. The number of nitrogens with two attached hydrogens (primary N) is 1. The first-order valence-electron chi connectivity index (χ1n) is 6.32. The number of hydrogen-bond donors (Lipinski definition) is 2. The van der Waals surface area contributed by atoms with E-state index in [0.717, 1.165) is 18.4 Å². The molecule has 7 heteroatoms. The van der Waals surface area contributed by atoms with E-state index in [4.69, 9.17) is 5.73 Å². The maximum absolute atomic E-state index is 12.4. The number of aromatic nitrogens is 2. The molecular formula is C13H14N4O3. The van der Waals surface area contributed by atoms with Crippen LogP contribution in [-0.4, -0.2) is 32.3 Å². The minimum absolute atomic E-state index is 0.00319. The molecule has 20 heavy (non-hydrogen) atoms. The zero-order chi connectivity index (χ0) is 14.1. The molecule has 104 valence electrons. The Hall–Kier alpha value is -2.57. The first-order valence-corrected chi connectivity index (χ1v) is 6.32. The van der Waals surface area contributed by atoms with Gasteiger partial charge in [-0.15, -0.1) is 0 Å². The highest BCUT2D eigenvalue weighted by Gasteiger charge is 2.35. The van der Waals surface area contributed by atoms with Gasteiger partial charge in [-0.3, -0.25) is 4.79 Å². The summed E-state index contributed by atoms with van der Waals surface area (Å²) < 4.78 is 4.47. The number of phenolic OH excluding ortho intramolecular Hbond substituents is 1. The Morgan fingerprint density at radius 1 is 1.45 bits per heavy atom. The average Bonchev–Trinajstić information content (AvgIpc) is 3.17. The Bertz CT molecular complexity index is 636. The zero-order valence-corrected chi connectivity index (χ0v) is 10.7. The zero-order valence-electron chi connectivity index (χ0n) is 10.7. The van der Waals surface area contributed by atoms with Crippen LogP contribution in [0.15, 0.2) is 28.9 Å². The van der Waals surface area contributed by atoms with Crippen LogP contribution in [0.1, 0.15) is 28.9 Å². The first-order chi connectivity index (χ1) is 9.65. The number of amides is 1. The Morgan fingerprint density at radius 3 is 2.85 bits per heavy atom. The van der Waals surface area contributed by atoms with Crippen LogP contribution in [0.2, 0.25) is 0 Å². The van der Waals surface area contributed by atoms with Crippen molar-refractivity contribution in [3.05, 3.63) is 35.5 Å². The molecule has 0 spiro atoms. The number of nitrogens with zero attached hydrogens (tertiary/aromatic N) is 3. The molecular weight excluding hydrogens is 260 g/mol. The molecule has 1 saturated carbocycles. The minimum Gasteiger partial charge on any atom is -0.508 e. The quantitative estimate of drug-likeness (QED) is 0.866. The number of benzene rings is 1. The fourth-order valence-corrected chi connectivity index (χ4v) is 2.08. The maximum atomic E-state index is 12.4. The molecule has 0 radical (unpaired) electrons. The van der Waals surface area contributed by atoms with Crippen LogP contribution in [0.25, 0.3) is 0 Å². The number of carbonyl (C=O) groups excluding carboxylic acids is 1. The van der Waals surface area contributed by atoms with Crippen LogP contribution in [0.5, 0.6) is 5.75 Å². The Balaban J connectivity index is 1.83. The van der Waals surface area contributed by atoms with Gasteiger partial charge in [0.05, 0.1) is 0 Å². The second-order valence-corrected chi connectivity index (χ2v) is 4.83. The molecule has 3 rings (SSSR count). The van der Waals surface area contributed by atoms with Crippen molar-refractivity contribution >= 4 is 11.7 Å². The van der Waals surface area contributed by atoms with Gasteiger partial charge in [0.2, 0.25) is 11.5 Å². The molecule has 3 N–H and O–H groups in total. The summed E-state index contributed by atoms with van der Waals surface area (Å²) >= 11 is 0. The summed E-state index contributed by atoms with van der Waals surface area (Å²) in [5.41, 5.74) is 6.45. The summed E-state index contributed by atoms with van der Waals surface area (Å²) in [6, 6.07) is 7.00. The highest BCUT2D eigenvalue weighted by Crippen LogP contribution is 2.30. The molecule has 1 aliphatic carbocycles. The number of phenols is 1. The van der Waals surface area contributed by atoms with E-state index >= 15 is 0 Å². The smallest absolute Gasteiger partial charge is 0.280 e. The maximum Gasteiger partial charge on any atom is 0.280 e. The van der Waals surface area contributed by atoms with E-state index in [1.54, 1.807) is 23.1 Å². The lowest BCUT2D eigenvalue weighted by Gasteiger charge is -2.21. The van der Waals surface area contributed by atoms with E-state index in [-0.39, 0.29) is 29.2 Å². The summed E-state index contributed by atoms with van der Waals surface area (Å²) in [6.07, 6.45) is 1.91. The molecule has 0 bridgehead atoms. The molecule has 1 amide bonds. The first kappa shape index (κ1) is 12.5. The number of aromatic hydroxyl groups is 1. The van der Waals surface area contributed by atoms with Gasteiger partial charge in [-0.1, -0.05) is 12.1 Å². The second kappa shape index (κ2) is 4.84. The van der Waals surface area contributed by atoms with Crippen molar-refractivity contribution in [3.8, 4) is 5.75 Å². The van der Waals surface area contributed by atoms with Crippen LogP contribution in [0.4, 0.5) is 5.82 Å². The molecule has 1 fully saturated rings. The van der Waals surface area contributed by atoms with Crippen LogP contribution >= 0.6 is 0 Å². The summed E-state index contributed by atoms with van der Waals surface area (Å²) in [6.45, 7) is 0.393. The molecule has 1 heterocycles. The normalized spacial score (nSPS) is 14.2. The fourth-order valence-electron chi connectivity index (χ4n) is 2.08. The van der Waals surface area contributed by atoms with Gasteiger partial charge < -0.3 is 15.7 Å².